The predicted molar refractivity (Wildman–Crippen MR) is 139 cm³/mol. The Morgan fingerprint density at radius 1 is 0.949 bits per heavy atom. The number of carboxylic acid groups (broad SMARTS) is 1. The molecule has 0 radical (unpaired) electrons. The van der Waals surface area contributed by atoms with E-state index in [0.717, 1.165) is 11.6 Å². The molecule has 0 aliphatic heterocycles. The summed E-state index contributed by atoms with van der Waals surface area (Å²) in [4.78, 5) is 42.2. The number of aromatic nitrogens is 2. The van der Waals surface area contributed by atoms with E-state index >= 15 is 0 Å². The number of urea groups is 1. The molecule has 4 rings (SSSR count). The van der Waals surface area contributed by atoms with Crippen molar-refractivity contribution in [3.05, 3.63) is 89.8 Å². The van der Waals surface area contributed by atoms with Crippen LogP contribution >= 0.6 is 0 Å². The number of aromatic amines is 1. The number of ether oxygens (including phenoxy) is 1. The summed E-state index contributed by atoms with van der Waals surface area (Å²) in [5.74, 6) is -2.37. The molecule has 0 aliphatic carbocycles. The average molecular weight is 536 g/mol. The van der Waals surface area contributed by atoms with Crippen molar-refractivity contribution < 1.29 is 33.0 Å². The molecule has 3 amide bonds. The molecule has 0 atom stereocenters. The van der Waals surface area contributed by atoms with Gasteiger partial charge in [0.05, 0.1) is 34.7 Å². The lowest BCUT2D eigenvalue weighted by Gasteiger charge is -2.11. The van der Waals surface area contributed by atoms with Crippen molar-refractivity contribution in [2.75, 3.05) is 17.2 Å². The molecule has 2 aromatic heterocycles. The summed E-state index contributed by atoms with van der Waals surface area (Å²) in [5, 5.41) is 15.9. The second-order valence-corrected chi connectivity index (χ2v) is 8.38. The monoisotopic (exact) mass is 535 g/mol. The van der Waals surface area contributed by atoms with E-state index in [0.29, 0.717) is 22.7 Å². The summed E-state index contributed by atoms with van der Waals surface area (Å²) in [6.45, 7) is 1.74. The summed E-state index contributed by atoms with van der Waals surface area (Å²) >= 11 is 0. The number of hydrogen-bond donors (Lipinski definition) is 5. The van der Waals surface area contributed by atoms with Gasteiger partial charge in [-0.05, 0) is 48.9 Å². The molecule has 0 aliphatic rings. The summed E-state index contributed by atoms with van der Waals surface area (Å²) < 4.78 is 34.3. The third kappa shape index (κ3) is 7.16. The molecule has 4 aromatic rings. The number of carboxylic acids is 1. The standard InChI is InChI=1S/C27H23F2N5O5/c1-15-2-4-19(28)22(10-15)34-27(38)33-21-5-3-17(12-20(21)29)39-18-6-8-30-24(13-18)23-11-16(14-32-23)26(37)31-9-7-25(35)36/h2-6,8,10-14,32H,7,9H2,1H3,(H,31,37)(H,35,36)(H2,33,34,38). The minimum absolute atomic E-state index is 0.00291. The Morgan fingerprint density at radius 2 is 1.72 bits per heavy atom. The number of benzene rings is 2. The van der Waals surface area contributed by atoms with Gasteiger partial charge in [0.1, 0.15) is 23.1 Å². The highest BCUT2D eigenvalue weighted by Gasteiger charge is 2.13. The maximum atomic E-state index is 14.7. The van der Waals surface area contributed by atoms with Gasteiger partial charge in [0.2, 0.25) is 0 Å². The van der Waals surface area contributed by atoms with E-state index in [2.05, 4.69) is 25.9 Å². The van der Waals surface area contributed by atoms with Crippen molar-refractivity contribution in [3.63, 3.8) is 0 Å². The van der Waals surface area contributed by atoms with Crippen LogP contribution in [-0.4, -0.2) is 39.5 Å². The minimum Gasteiger partial charge on any atom is -0.481 e. The van der Waals surface area contributed by atoms with Crippen molar-refractivity contribution in [1.82, 2.24) is 15.3 Å². The maximum absolute atomic E-state index is 14.7. The lowest BCUT2D eigenvalue weighted by Crippen LogP contribution is -2.25. The second kappa shape index (κ2) is 11.9. The first kappa shape index (κ1) is 26.8. The molecule has 10 nitrogen and oxygen atoms in total. The molecule has 0 saturated carbocycles. The van der Waals surface area contributed by atoms with Gasteiger partial charge in [0.25, 0.3) is 5.91 Å². The van der Waals surface area contributed by atoms with E-state index in [4.69, 9.17) is 9.84 Å². The highest BCUT2D eigenvalue weighted by Crippen LogP contribution is 2.28. The van der Waals surface area contributed by atoms with Gasteiger partial charge >= 0.3 is 12.0 Å². The Morgan fingerprint density at radius 3 is 2.49 bits per heavy atom. The number of carbonyl (C=O) groups is 3. The molecule has 0 bridgehead atoms. The molecule has 2 aromatic carbocycles. The zero-order valence-electron chi connectivity index (χ0n) is 20.5. The van der Waals surface area contributed by atoms with E-state index in [1.165, 1.54) is 36.7 Å². The van der Waals surface area contributed by atoms with Crippen LogP contribution in [0.5, 0.6) is 11.5 Å². The third-order valence-corrected chi connectivity index (χ3v) is 5.37. The van der Waals surface area contributed by atoms with Gasteiger partial charge < -0.3 is 30.8 Å². The third-order valence-electron chi connectivity index (χ3n) is 5.37. The molecule has 39 heavy (non-hydrogen) atoms. The minimum atomic E-state index is -1.02. The van der Waals surface area contributed by atoms with Crippen molar-refractivity contribution >= 4 is 29.3 Å². The summed E-state index contributed by atoms with van der Waals surface area (Å²) in [5.41, 5.74) is 1.82. The van der Waals surface area contributed by atoms with Gasteiger partial charge in [-0.1, -0.05) is 6.07 Å². The van der Waals surface area contributed by atoms with Gasteiger partial charge in [-0.25, -0.2) is 13.6 Å². The van der Waals surface area contributed by atoms with Crippen LogP contribution in [0.15, 0.2) is 67.0 Å². The molecule has 2 heterocycles. The quantitative estimate of drug-likeness (QED) is 0.197. The number of rotatable bonds is 9. The zero-order valence-corrected chi connectivity index (χ0v) is 20.5. The highest BCUT2D eigenvalue weighted by molar-refractivity contribution is 6.00. The predicted octanol–water partition coefficient (Wildman–Crippen LogP) is 5.30. The van der Waals surface area contributed by atoms with Crippen LogP contribution in [0.2, 0.25) is 0 Å². The number of halogens is 2. The fraction of sp³-hybridized carbons (Fsp3) is 0.111. The molecular weight excluding hydrogens is 512 g/mol. The topological polar surface area (TPSA) is 145 Å². The number of pyridine rings is 1. The smallest absolute Gasteiger partial charge is 0.323 e. The number of anilines is 2. The Bertz CT molecular complexity index is 1540. The Labute approximate surface area is 221 Å². The molecule has 0 fully saturated rings. The first-order chi connectivity index (χ1) is 18.7. The fourth-order valence-corrected chi connectivity index (χ4v) is 3.49. The van der Waals surface area contributed by atoms with E-state index in [9.17, 15) is 23.2 Å². The van der Waals surface area contributed by atoms with Gasteiger partial charge in [-0.3, -0.25) is 14.6 Å². The number of hydrogen-bond acceptors (Lipinski definition) is 5. The average Bonchev–Trinajstić information content (AvgIpc) is 3.38. The number of amides is 3. The summed E-state index contributed by atoms with van der Waals surface area (Å²) in [6.07, 6.45) is 2.74. The molecular formula is C27H23F2N5O5. The van der Waals surface area contributed by atoms with Crippen LogP contribution in [0, 0.1) is 18.6 Å². The van der Waals surface area contributed by atoms with Crippen LogP contribution in [0.3, 0.4) is 0 Å². The number of carbonyl (C=O) groups excluding carboxylic acids is 2. The molecule has 0 unspecified atom stereocenters. The van der Waals surface area contributed by atoms with Gasteiger partial charge in [0.15, 0.2) is 0 Å². The van der Waals surface area contributed by atoms with Crippen LogP contribution in [0.4, 0.5) is 25.0 Å². The van der Waals surface area contributed by atoms with Crippen molar-refractivity contribution in [3.8, 4) is 22.9 Å². The van der Waals surface area contributed by atoms with E-state index < -0.39 is 29.5 Å². The lowest BCUT2D eigenvalue weighted by molar-refractivity contribution is -0.136. The number of H-pyrrole nitrogens is 1. The van der Waals surface area contributed by atoms with E-state index in [-0.39, 0.29) is 30.1 Å². The number of nitrogens with zero attached hydrogens (tertiary/aromatic N) is 1. The largest absolute Gasteiger partial charge is 0.481 e. The van der Waals surface area contributed by atoms with Crippen LogP contribution in [0.25, 0.3) is 11.4 Å². The van der Waals surface area contributed by atoms with Gasteiger partial charge in [-0.15, -0.1) is 0 Å². The Hall–Kier alpha value is -5.26. The Kier molecular flexibility index (Phi) is 8.15. The SMILES string of the molecule is Cc1ccc(F)c(NC(=O)Nc2ccc(Oc3ccnc(-c4cc(C(=O)NCCC(=O)O)c[nH]4)c3)cc2F)c1. The highest BCUT2D eigenvalue weighted by atomic mass is 19.1. The van der Waals surface area contributed by atoms with Crippen molar-refractivity contribution in [1.29, 1.82) is 0 Å². The Balaban J connectivity index is 1.39. The van der Waals surface area contributed by atoms with E-state index in [1.54, 1.807) is 31.2 Å². The van der Waals surface area contributed by atoms with Gasteiger partial charge in [-0.2, -0.15) is 0 Å². The maximum Gasteiger partial charge on any atom is 0.323 e. The van der Waals surface area contributed by atoms with Crippen molar-refractivity contribution in [2.24, 2.45) is 0 Å². The first-order valence-electron chi connectivity index (χ1n) is 11.6. The normalized spacial score (nSPS) is 10.5. The zero-order chi connectivity index (χ0) is 27.9. The van der Waals surface area contributed by atoms with Crippen molar-refractivity contribution in [2.45, 2.75) is 13.3 Å². The van der Waals surface area contributed by atoms with Crippen LogP contribution < -0.4 is 20.7 Å². The molecule has 5 N–H and O–H groups in total. The number of aryl methyl sites for hydroxylation is 1. The summed E-state index contributed by atoms with van der Waals surface area (Å²) in [6, 6.07) is 11.9. The van der Waals surface area contributed by atoms with E-state index in [1.807, 2.05) is 0 Å². The summed E-state index contributed by atoms with van der Waals surface area (Å²) in [7, 11) is 0. The lowest BCUT2D eigenvalue weighted by atomic mass is 10.2. The second-order valence-electron chi connectivity index (χ2n) is 8.38. The van der Waals surface area contributed by atoms with Crippen LogP contribution in [-0.2, 0) is 4.79 Å². The van der Waals surface area contributed by atoms with Crippen LogP contribution in [0.1, 0.15) is 22.3 Å². The number of nitrogens with one attached hydrogen (secondary N) is 4. The molecule has 200 valence electrons. The molecule has 12 heteroatoms. The number of aliphatic carboxylic acids is 1. The molecule has 0 saturated heterocycles. The fourth-order valence-electron chi connectivity index (χ4n) is 3.49. The molecule has 0 spiro atoms. The van der Waals surface area contributed by atoms with Gasteiger partial charge in [0, 0.05) is 31.1 Å². The first-order valence-corrected chi connectivity index (χ1v) is 11.6.